The normalized spacial score (nSPS) is 10.3. The molecule has 7 heteroatoms. The van der Waals surface area contributed by atoms with Gasteiger partial charge in [0.25, 0.3) is 5.91 Å². The lowest BCUT2D eigenvalue weighted by molar-refractivity contribution is -0.121. The van der Waals surface area contributed by atoms with Crippen LogP contribution >= 0.6 is 0 Å². The van der Waals surface area contributed by atoms with Crippen LogP contribution in [0.25, 0.3) is 0 Å². The van der Waals surface area contributed by atoms with E-state index in [9.17, 15) is 4.79 Å². The van der Waals surface area contributed by atoms with Gasteiger partial charge in [-0.2, -0.15) is 5.26 Å². The highest BCUT2D eigenvalue weighted by Gasteiger charge is 2.04. The molecule has 0 unspecified atom stereocenters. The van der Waals surface area contributed by atoms with Crippen LogP contribution < -0.4 is 20.5 Å². The number of aliphatic imine (C=N–C) groups is 1. The van der Waals surface area contributed by atoms with Gasteiger partial charge in [0.05, 0.1) is 7.11 Å². The van der Waals surface area contributed by atoms with Crippen molar-refractivity contribution >= 4 is 11.9 Å². The Kier molecular flexibility index (Phi) is 4.99. The molecule has 0 aliphatic heterocycles. The zero-order chi connectivity index (χ0) is 13.4. The van der Waals surface area contributed by atoms with Crippen molar-refractivity contribution in [3.8, 4) is 17.7 Å². The molecule has 1 aromatic rings. The molecule has 0 bridgehead atoms. The first kappa shape index (κ1) is 13.3. The molecule has 0 atom stereocenters. The van der Waals surface area contributed by atoms with Gasteiger partial charge in [-0.25, -0.2) is 0 Å². The van der Waals surface area contributed by atoms with E-state index in [1.807, 2.05) is 0 Å². The predicted molar refractivity (Wildman–Crippen MR) is 63.9 cm³/mol. The predicted octanol–water partition coefficient (Wildman–Crippen LogP) is -0.0140. The van der Waals surface area contributed by atoms with Crippen LogP contribution in [0.2, 0.25) is 0 Å². The molecular weight excluding hydrogens is 236 g/mol. The Hall–Kier alpha value is -2.75. The minimum Gasteiger partial charge on any atom is -0.497 e. The number of nitrogens with one attached hydrogen (secondary N) is 1. The van der Waals surface area contributed by atoms with E-state index in [-0.39, 0.29) is 12.6 Å². The Morgan fingerprint density at radius 1 is 1.44 bits per heavy atom. The van der Waals surface area contributed by atoms with Gasteiger partial charge in [-0.3, -0.25) is 10.1 Å². The van der Waals surface area contributed by atoms with E-state index in [0.29, 0.717) is 11.5 Å². The summed E-state index contributed by atoms with van der Waals surface area (Å²) in [5.41, 5.74) is 5.22. The first-order chi connectivity index (χ1) is 8.65. The molecule has 94 valence electrons. The first-order valence-corrected chi connectivity index (χ1v) is 4.94. The molecule has 1 amide bonds. The van der Waals surface area contributed by atoms with E-state index < -0.39 is 5.91 Å². The number of hydrogen-bond donors (Lipinski definition) is 2. The highest BCUT2D eigenvalue weighted by atomic mass is 16.5. The molecule has 0 heterocycles. The average Bonchev–Trinajstić information content (AvgIpc) is 2.37. The summed E-state index contributed by atoms with van der Waals surface area (Å²) in [6.45, 7) is -0.228. The molecule has 0 aliphatic rings. The van der Waals surface area contributed by atoms with Crippen LogP contribution in [0.1, 0.15) is 0 Å². The van der Waals surface area contributed by atoms with Gasteiger partial charge in [0.2, 0.25) is 12.2 Å². The lowest BCUT2D eigenvalue weighted by atomic mass is 10.3. The molecule has 0 fully saturated rings. The van der Waals surface area contributed by atoms with Crippen molar-refractivity contribution in [1.82, 2.24) is 5.32 Å². The SMILES string of the molecule is COc1ccc(OCC(=O)NC(N)=NC#N)cc1. The molecular formula is C11H12N4O3. The monoisotopic (exact) mass is 248 g/mol. The van der Waals surface area contributed by atoms with Crippen LogP contribution in [0, 0.1) is 11.5 Å². The number of guanidine groups is 1. The molecule has 7 nitrogen and oxygen atoms in total. The van der Waals surface area contributed by atoms with Crippen LogP contribution in [-0.2, 0) is 4.79 Å². The number of nitrogens with two attached hydrogens (primary N) is 1. The number of carbonyl (C=O) groups excluding carboxylic acids is 1. The van der Waals surface area contributed by atoms with Gasteiger partial charge in [-0.1, -0.05) is 0 Å². The van der Waals surface area contributed by atoms with Crippen molar-refractivity contribution in [3.05, 3.63) is 24.3 Å². The Bertz CT molecular complexity index is 476. The fraction of sp³-hybridized carbons (Fsp3) is 0.182. The number of carbonyl (C=O) groups is 1. The third-order valence-electron chi connectivity index (χ3n) is 1.87. The fourth-order valence-corrected chi connectivity index (χ4v) is 1.08. The van der Waals surface area contributed by atoms with E-state index in [0.717, 1.165) is 0 Å². The smallest absolute Gasteiger partial charge is 0.264 e. The largest absolute Gasteiger partial charge is 0.497 e. The lowest BCUT2D eigenvalue weighted by Crippen LogP contribution is -2.39. The third-order valence-corrected chi connectivity index (χ3v) is 1.87. The second kappa shape index (κ2) is 6.75. The maximum Gasteiger partial charge on any atom is 0.264 e. The molecule has 0 saturated heterocycles. The minimum atomic E-state index is -0.498. The van der Waals surface area contributed by atoms with Crippen molar-refractivity contribution in [2.75, 3.05) is 13.7 Å². The Morgan fingerprint density at radius 2 is 2.06 bits per heavy atom. The molecule has 0 radical (unpaired) electrons. The molecule has 0 aliphatic carbocycles. The summed E-state index contributed by atoms with van der Waals surface area (Å²) < 4.78 is 10.2. The number of ether oxygens (including phenoxy) is 2. The molecule has 0 saturated carbocycles. The van der Waals surface area contributed by atoms with Crippen LogP contribution in [0.5, 0.6) is 11.5 Å². The summed E-state index contributed by atoms with van der Waals surface area (Å²) in [6, 6.07) is 6.75. The quantitative estimate of drug-likeness (QED) is 0.442. The maximum absolute atomic E-state index is 11.3. The minimum absolute atomic E-state index is 0.228. The van der Waals surface area contributed by atoms with Crippen molar-refractivity contribution < 1.29 is 14.3 Å². The molecule has 1 rings (SSSR count). The zero-order valence-corrected chi connectivity index (χ0v) is 9.71. The highest BCUT2D eigenvalue weighted by Crippen LogP contribution is 2.16. The Labute approximate surface area is 104 Å². The van der Waals surface area contributed by atoms with Crippen LogP contribution in [-0.4, -0.2) is 25.6 Å². The third kappa shape index (κ3) is 4.40. The standard InChI is InChI=1S/C11H12N4O3/c1-17-8-2-4-9(5-3-8)18-6-10(16)15-11(13)14-7-12/h2-5H,6H2,1H3,(H3,13,14,15,16). The van der Waals surface area contributed by atoms with Crippen LogP contribution in [0.15, 0.2) is 29.3 Å². The van der Waals surface area contributed by atoms with E-state index >= 15 is 0 Å². The summed E-state index contributed by atoms with van der Waals surface area (Å²) in [4.78, 5) is 14.4. The summed E-state index contributed by atoms with van der Waals surface area (Å²) >= 11 is 0. The van der Waals surface area contributed by atoms with Crippen LogP contribution in [0.4, 0.5) is 0 Å². The number of hydrogen-bond acceptors (Lipinski definition) is 5. The van der Waals surface area contributed by atoms with Gasteiger partial charge in [-0.05, 0) is 24.3 Å². The molecule has 0 aromatic heterocycles. The van der Waals surface area contributed by atoms with E-state index in [1.54, 1.807) is 31.4 Å². The number of nitrogens with zero attached hydrogens (tertiary/aromatic N) is 2. The number of methoxy groups -OCH3 is 1. The van der Waals surface area contributed by atoms with Crippen molar-refractivity contribution in [3.63, 3.8) is 0 Å². The van der Waals surface area contributed by atoms with E-state index in [2.05, 4.69) is 10.3 Å². The van der Waals surface area contributed by atoms with Gasteiger partial charge in [-0.15, -0.1) is 4.99 Å². The van der Waals surface area contributed by atoms with Crippen molar-refractivity contribution in [1.29, 1.82) is 5.26 Å². The van der Waals surface area contributed by atoms with Gasteiger partial charge in [0.1, 0.15) is 11.5 Å². The van der Waals surface area contributed by atoms with E-state index in [4.69, 9.17) is 20.5 Å². The summed E-state index contributed by atoms with van der Waals surface area (Å²) in [7, 11) is 1.56. The molecule has 3 N–H and O–H groups in total. The van der Waals surface area contributed by atoms with Crippen molar-refractivity contribution in [2.45, 2.75) is 0 Å². The van der Waals surface area contributed by atoms with E-state index in [1.165, 1.54) is 6.19 Å². The second-order valence-corrected chi connectivity index (χ2v) is 3.11. The number of amides is 1. The molecule has 18 heavy (non-hydrogen) atoms. The van der Waals surface area contributed by atoms with Crippen LogP contribution in [0.3, 0.4) is 0 Å². The second-order valence-electron chi connectivity index (χ2n) is 3.11. The lowest BCUT2D eigenvalue weighted by Gasteiger charge is -2.06. The summed E-state index contributed by atoms with van der Waals surface area (Å²) in [5, 5.41) is 10.4. The highest BCUT2D eigenvalue weighted by molar-refractivity contribution is 5.97. The van der Waals surface area contributed by atoms with Gasteiger partial charge >= 0.3 is 0 Å². The van der Waals surface area contributed by atoms with Gasteiger partial charge in [0.15, 0.2) is 6.61 Å². The number of rotatable bonds is 4. The Morgan fingerprint density at radius 3 is 2.61 bits per heavy atom. The summed E-state index contributed by atoms with van der Waals surface area (Å²) in [6.07, 6.45) is 1.45. The summed E-state index contributed by atoms with van der Waals surface area (Å²) in [5.74, 6) is 0.446. The zero-order valence-electron chi connectivity index (χ0n) is 9.71. The van der Waals surface area contributed by atoms with Gasteiger partial charge in [0, 0.05) is 0 Å². The number of nitriles is 1. The topological polar surface area (TPSA) is 110 Å². The Balaban J connectivity index is 2.43. The fourth-order valence-electron chi connectivity index (χ4n) is 1.08. The van der Waals surface area contributed by atoms with Gasteiger partial charge < -0.3 is 15.2 Å². The average molecular weight is 248 g/mol. The van der Waals surface area contributed by atoms with Crippen molar-refractivity contribution in [2.24, 2.45) is 10.7 Å². The maximum atomic E-state index is 11.3. The first-order valence-electron chi connectivity index (χ1n) is 4.94. The molecule has 0 spiro atoms. The number of benzene rings is 1. The molecule has 1 aromatic carbocycles.